The van der Waals surface area contributed by atoms with Crippen molar-refractivity contribution in [2.75, 3.05) is 16.8 Å². The van der Waals surface area contributed by atoms with E-state index in [1.165, 1.54) is 11.0 Å². The molecular formula is C29H29ClFN3O2. The number of hydrogen-bond donors (Lipinski definition) is 1. The molecule has 1 heterocycles. The van der Waals surface area contributed by atoms with Crippen LogP contribution in [0.2, 0.25) is 5.02 Å². The van der Waals surface area contributed by atoms with Gasteiger partial charge in [0.1, 0.15) is 18.4 Å². The molecule has 0 fully saturated rings. The summed E-state index contributed by atoms with van der Waals surface area (Å²) in [5.74, 6) is -1.22. The summed E-state index contributed by atoms with van der Waals surface area (Å²) in [6.45, 7) is 7.60. The van der Waals surface area contributed by atoms with Crippen LogP contribution in [0.4, 0.5) is 15.8 Å². The molecule has 0 unspecified atom stereocenters. The highest BCUT2D eigenvalue weighted by molar-refractivity contribution is 6.32. The Hall–Kier alpha value is -3.51. The molecule has 1 aliphatic heterocycles. The summed E-state index contributed by atoms with van der Waals surface area (Å²) in [6.07, 6.45) is 0.685. The van der Waals surface area contributed by atoms with Gasteiger partial charge in [-0.2, -0.15) is 0 Å². The highest BCUT2D eigenvalue weighted by Gasteiger charge is 2.36. The summed E-state index contributed by atoms with van der Waals surface area (Å²) in [4.78, 5) is 33.3. The summed E-state index contributed by atoms with van der Waals surface area (Å²) >= 11 is 6.35. The van der Waals surface area contributed by atoms with Crippen molar-refractivity contribution in [2.45, 2.75) is 40.2 Å². The quantitative estimate of drug-likeness (QED) is 0.425. The van der Waals surface area contributed by atoms with Crippen LogP contribution >= 0.6 is 11.6 Å². The number of aliphatic imine (C=N–C) groups is 1. The van der Waals surface area contributed by atoms with Crippen molar-refractivity contribution < 1.29 is 14.0 Å². The average Bonchev–Trinajstić information content (AvgIpc) is 2.96. The lowest BCUT2D eigenvalue weighted by molar-refractivity contribution is -0.123. The lowest BCUT2D eigenvalue weighted by Crippen LogP contribution is -2.44. The highest BCUT2D eigenvalue weighted by atomic mass is 35.5. The molecule has 1 aliphatic rings. The number of carbonyl (C=O) groups is 2. The van der Waals surface area contributed by atoms with Crippen LogP contribution in [-0.4, -0.2) is 30.1 Å². The van der Waals surface area contributed by atoms with Gasteiger partial charge in [-0.3, -0.25) is 14.6 Å². The molecule has 5 nitrogen and oxygen atoms in total. The third kappa shape index (κ3) is 5.05. The molecule has 36 heavy (non-hydrogen) atoms. The van der Waals surface area contributed by atoms with Gasteiger partial charge in [0.25, 0.3) is 5.91 Å². The van der Waals surface area contributed by atoms with Crippen molar-refractivity contribution in [2.24, 2.45) is 10.9 Å². The second kappa shape index (κ2) is 10.6. The van der Waals surface area contributed by atoms with Gasteiger partial charge < -0.3 is 10.2 Å². The topological polar surface area (TPSA) is 61.8 Å². The molecule has 4 rings (SSSR count). The number of fused-ring (bicyclic) bond motifs is 1. The van der Waals surface area contributed by atoms with Gasteiger partial charge in [0.2, 0.25) is 5.91 Å². The molecule has 186 valence electrons. The van der Waals surface area contributed by atoms with E-state index in [2.05, 4.69) is 5.32 Å². The first-order valence-electron chi connectivity index (χ1n) is 12.0. The second-order valence-corrected chi connectivity index (χ2v) is 9.61. The van der Waals surface area contributed by atoms with E-state index < -0.39 is 11.9 Å². The van der Waals surface area contributed by atoms with Crippen LogP contribution in [0.3, 0.4) is 0 Å². The Balaban J connectivity index is 1.81. The summed E-state index contributed by atoms with van der Waals surface area (Å²) in [5, 5.41) is 3.36. The molecule has 7 heteroatoms. The van der Waals surface area contributed by atoms with E-state index in [9.17, 15) is 14.0 Å². The maximum atomic E-state index is 15.0. The number of aryl methyl sites for hydroxylation is 1. The maximum absolute atomic E-state index is 15.0. The summed E-state index contributed by atoms with van der Waals surface area (Å²) < 4.78 is 15.0. The lowest BCUT2D eigenvalue weighted by Gasteiger charge is -2.27. The Morgan fingerprint density at radius 2 is 1.86 bits per heavy atom. The minimum atomic E-state index is -0.788. The smallest absolute Gasteiger partial charge is 0.252 e. The first-order chi connectivity index (χ1) is 17.2. The van der Waals surface area contributed by atoms with Gasteiger partial charge in [-0.05, 0) is 67.3 Å². The van der Waals surface area contributed by atoms with Crippen LogP contribution in [0.5, 0.6) is 0 Å². The van der Waals surface area contributed by atoms with E-state index in [1.54, 1.807) is 36.4 Å². The van der Waals surface area contributed by atoms with Crippen LogP contribution in [-0.2, 0) is 9.59 Å². The number of rotatable bonds is 6. The fourth-order valence-corrected chi connectivity index (χ4v) is 4.49. The van der Waals surface area contributed by atoms with Crippen molar-refractivity contribution in [3.05, 3.63) is 93.8 Å². The number of hydrogen-bond acceptors (Lipinski definition) is 3. The highest BCUT2D eigenvalue weighted by Crippen LogP contribution is 2.33. The van der Waals surface area contributed by atoms with Crippen molar-refractivity contribution >= 4 is 40.5 Å². The van der Waals surface area contributed by atoms with Gasteiger partial charge in [-0.1, -0.05) is 56.1 Å². The van der Waals surface area contributed by atoms with Gasteiger partial charge in [-0.25, -0.2) is 4.39 Å². The molecule has 0 saturated carbocycles. The van der Waals surface area contributed by atoms with Crippen molar-refractivity contribution in [1.82, 2.24) is 0 Å². The van der Waals surface area contributed by atoms with Gasteiger partial charge in [0.15, 0.2) is 0 Å². The zero-order valence-corrected chi connectivity index (χ0v) is 21.6. The zero-order valence-electron chi connectivity index (χ0n) is 20.8. The van der Waals surface area contributed by atoms with E-state index in [1.807, 2.05) is 45.9 Å². The minimum Gasteiger partial charge on any atom is -0.324 e. The third-order valence-electron chi connectivity index (χ3n) is 6.78. The van der Waals surface area contributed by atoms with Crippen LogP contribution < -0.4 is 10.2 Å². The standard InChI is InChI=1S/C29H29ClFN3O2/c1-5-17(2)27-29(36)34(16-26(35)32-24-12-8-9-18(3)19(24)4)25-14-13-20(30)15-22(25)28(33-27)21-10-6-7-11-23(21)31/h6-15,17,27H,5,16H2,1-4H3,(H,32,35)/t17-,27+/m0/s1. The molecule has 0 aromatic heterocycles. The minimum absolute atomic E-state index is 0.131. The van der Waals surface area contributed by atoms with E-state index in [0.717, 1.165) is 11.1 Å². The molecule has 0 aliphatic carbocycles. The molecule has 0 radical (unpaired) electrons. The monoisotopic (exact) mass is 505 g/mol. The molecule has 1 N–H and O–H groups in total. The largest absolute Gasteiger partial charge is 0.324 e. The maximum Gasteiger partial charge on any atom is 0.252 e. The molecule has 2 amide bonds. The predicted molar refractivity (Wildman–Crippen MR) is 144 cm³/mol. The van der Waals surface area contributed by atoms with Crippen LogP contribution in [0.1, 0.15) is 42.5 Å². The lowest BCUT2D eigenvalue weighted by atomic mass is 9.97. The molecule has 0 spiro atoms. The van der Waals surface area contributed by atoms with Crippen molar-refractivity contribution in [3.8, 4) is 0 Å². The fraction of sp³-hybridized carbons (Fsp3) is 0.276. The third-order valence-corrected chi connectivity index (χ3v) is 7.02. The van der Waals surface area contributed by atoms with Crippen LogP contribution in [0.25, 0.3) is 0 Å². The zero-order chi connectivity index (χ0) is 26.0. The first-order valence-corrected chi connectivity index (χ1v) is 12.4. The van der Waals surface area contributed by atoms with Gasteiger partial charge in [-0.15, -0.1) is 0 Å². The number of carbonyl (C=O) groups excluding carboxylic acids is 2. The number of anilines is 2. The molecule has 3 aromatic rings. The number of halogens is 2. The van der Waals surface area contributed by atoms with Gasteiger partial charge in [0.05, 0.1) is 11.4 Å². The molecule has 3 aromatic carbocycles. The normalized spacial score (nSPS) is 16.2. The van der Waals surface area contributed by atoms with Crippen LogP contribution in [0, 0.1) is 25.6 Å². The number of nitrogens with one attached hydrogen (secondary N) is 1. The van der Waals surface area contributed by atoms with E-state index >= 15 is 0 Å². The summed E-state index contributed by atoms with van der Waals surface area (Å²) in [5.41, 5.74) is 4.31. The van der Waals surface area contributed by atoms with Gasteiger partial charge in [0, 0.05) is 21.8 Å². The van der Waals surface area contributed by atoms with Crippen LogP contribution in [0.15, 0.2) is 65.7 Å². The molecule has 0 bridgehead atoms. The van der Waals surface area contributed by atoms with Crippen molar-refractivity contribution in [3.63, 3.8) is 0 Å². The molecular weight excluding hydrogens is 477 g/mol. The Labute approximate surface area is 216 Å². The molecule has 0 saturated heterocycles. The summed E-state index contributed by atoms with van der Waals surface area (Å²) in [7, 11) is 0. The second-order valence-electron chi connectivity index (χ2n) is 9.17. The number of benzene rings is 3. The number of nitrogens with zero attached hydrogens (tertiary/aromatic N) is 2. The van der Waals surface area contributed by atoms with E-state index in [-0.39, 0.29) is 29.8 Å². The number of amides is 2. The SMILES string of the molecule is CC[C@H](C)[C@H]1N=C(c2ccccc2F)c2cc(Cl)ccc2N(CC(=O)Nc2cccc(C)c2C)C1=O. The Bertz CT molecular complexity index is 1350. The Morgan fingerprint density at radius 1 is 1.11 bits per heavy atom. The first kappa shape index (κ1) is 25.6. The number of benzodiazepines with no additional fused rings is 1. The molecule has 2 atom stereocenters. The van der Waals surface area contributed by atoms with Gasteiger partial charge >= 0.3 is 0 Å². The summed E-state index contributed by atoms with van der Waals surface area (Å²) in [6, 6.07) is 16.3. The van der Waals surface area contributed by atoms with E-state index in [0.29, 0.717) is 34.1 Å². The fourth-order valence-electron chi connectivity index (χ4n) is 4.32. The van der Waals surface area contributed by atoms with E-state index in [4.69, 9.17) is 16.6 Å². The Morgan fingerprint density at radius 3 is 2.58 bits per heavy atom. The average molecular weight is 506 g/mol. The predicted octanol–water partition coefficient (Wildman–Crippen LogP) is 6.33. The van der Waals surface area contributed by atoms with Crippen molar-refractivity contribution in [1.29, 1.82) is 0 Å². The Kier molecular flexibility index (Phi) is 7.55.